The lowest BCUT2D eigenvalue weighted by atomic mass is 10.1. The zero-order valence-corrected chi connectivity index (χ0v) is 14.2. The zero-order valence-electron chi connectivity index (χ0n) is 14.2. The van der Waals surface area contributed by atoms with Gasteiger partial charge in [0.2, 0.25) is 0 Å². The molecule has 0 bridgehead atoms. The monoisotopic (exact) mass is 356 g/mol. The van der Waals surface area contributed by atoms with E-state index in [0.29, 0.717) is 17.6 Å². The molecule has 1 saturated heterocycles. The van der Waals surface area contributed by atoms with Crippen molar-refractivity contribution in [3.05, 3.63) is 30.0 Å². The van der Waals surface area contributed by atoms with E-state index in [-0.39, 0.29) is 17.6 Å². The summed E-state index contributed by atoms with van der Waals surface area (Å²) >= 11 is 0. The van der Waals surface area contributed by atoms with E-state index in [1.807, 2.05) is 0 Å². The normalized spacial score (nSPS) is 17.9. The Bertz CT molecular complexity index is 823. The van der Waals surface area contributed by atoms with Gasteiger partial charge in [-0.25, -0.2) is 9.67 Å². The lowest BCUT2D eigenvalue weighted by Crippen LogP contribution is -2.35. The van der Waals surface area contributed by atoms with Gasteiger partial charge in [0.15, 0.2) is 5.69 Å². The molecule has 136 valence electrons. The van der Waals surface area contributed by atoms with Crippen molar-refractivity contribution in [2.45, 2.75) is 37.8 Å². The summed E-state index contributed by atoms with van der Waals surface area (Å²) in [5.41, 5.74) is 5.78. The van der Waals surface area contributed by atoms with E-state index in [0.717, 1.165) is 38.8 Å². The smallest absolute Gasteiger partial charge is 0.273 e. The van der Waals surface area contributed by atoms with Crippen LogP contribution in [-0.4, -0.2) is 55.9 Å². The first-order valence-corrected chi connectivity index (χ1v) is 8.69. The second-order valence-corrected chi connectivity index (χ2v) is 6.68. The lowest BCUT2D eigenvalue weighted by Gasteiger charge is -2.32. The van der Waals surface area contributed by atoms with Crippen LogP contribution in [0.15, 0.2) is 18.6 Å². The van der Waals surface area contributed by atoms with E-state index >= 15 is 0 Å². The highest BCUT2D eigenvalue weighted by atomic mass is 16.2. The molecule has 2 fully saturated rings. The van der Waals surface area contributed by atoms with Crippen LogP contribution in [0.5, 0.6) is 0 Å². The maximum atomic E-state index is 12.0. The fourth-order valence-corrected chi connectivity index (χ4v) is 3.03. The van der Waals surface area contributed by atoms with Crippen molar-refractivity contribution in [1.29, 1.82) is 0 Å². The Labute approximate surface area is 149 Å². The average molecular weight is 356 g/mol. The number of carbonyl (C=O) groups excluding carboxylic acids is 2. The third-order valence-corrected chi connectivity index (χ3v) is 4.69. The molecule has 26 heavy (non-hydrogen) atoms. The number of carbonyl (C=O) groups is 2. The highest BCUT2D eigenvalue weighted by molar-refractivity contribution is 5.92. The molecule has 0 spiro atoms. The van der Waals surface area contributed by atoms with E-state index in [1.54, 1.807) is 17.1 Å². The minimum Gasteiger partial charge on any atom is -0.364 e. The summed E-state index contributed by atoms with van der Waals surface area (Å²) in [4.78, 5) is 33.6. The summed E-state index contributed by atoms with van der Waals surface area (Å²) in [5.74, 6) is -0.105. The Morgan fingerprint density at radius 2 is 1.88 bits per heavy atom. The largest absolute Gasteiger partial charge is 0.364 e. The van der Waals surface area contributed by atoms with Crippen LogP contribution in [0.25, 0.3) is 0 Å². The molecule has 0 unspecified atom stereocenters. The molecule has 0 aromatic carbocycles. The van der Waals surface area contributed by atoms with Crippen LogP contribution in [0.3, 0.4) is 0 Å². The minimum absolute atomic E-state index is 0.158. The number of hydrogen-bond donors (Lipinski definition) is 2. The number of nitrogens with two attached hydrogens (primary N) is 1. The summed E-state index contributed by atoms with van der Waals surface area (Å²) < 4.78 is 1.77. The van der Waals surface area contributed by atoms with Gasteiger partial charge in [0, 0.05) is 19.1 Å². The maximum absolute atomic E-state index is 12.0. The van der Waals surface area contributed by atoms with Crippen molar-refractivity contribution >= 4 is 17.6 Å². The molecule has 4 rings (SSSR count). The Balaban J connectivity index is 1.37. The van der Waals surface area contributed by atoms with Crippen LogP contribution >= 0.6 is 0 Å². The van der Waals surface area contributed by atoms with Crippen molar-refractivity contribution in [3.8, 4) is 0 Å². The maximum Gasteiger partial charge on any atom is 0.273 e. The van der Waals surface area contributed by atoms with E-state index in [2.05, 4.69) is 30.5 Å². The summed E-state index contributed by atoms with van der Waals surface area (Å²) in [6.45, 7) is 1.48. The van der Waals surface area contributed by atoms with Gasteiger partial charge in [-0.15, -0.1) is 5.10 Å². The van der Waals surface area contributed by atoms with Gasteiger partial charge in [-0.05, 0) is 25.7 Å². The average Bonchev–Trinajstić information content (AvgIpc) is 3.33. The molecule has 2 amide bonds. The van der Waals surface area contributed by atoms with Gasteiger partial charge in [0.1, 0.15) is 11.5 Å². The van der Waals surface area contributed by atoms with E-state index in [4.69, 9.17) is 5.73 Å². The summed E-state index contributed by atoms with van der Waals surface area (Å²) in [6, 6.07) is 0.474. The van der Waals surface area contributed by atoms with Crippen molar-refractivity contribution in [2.24, 2.45) is 5.73 Å². The van der Waals surface area contributed by atoms with Gasteiger partial charge in [-0.2, -0.15) is 0 Å². The van der Waals surface area contributed by atoms with Crippen LogP contribution in [0, 0.1) is 0 Å². The summed E-state index contributed by atoms with van der Waals surface area (Å²) in [6.07, 6.45) is 8.44. The minimum atomic E-state index is -0.589. The molecule has 1 aliphatic carbocycles. The van der Waals surface area contributed by atoms with Crippen LogP contribution < -0.4 is 16.0 Å². The number of rotatable bonds is 5. The molecule has 2 aromatic rings. The van der Waals surface area contributed by atoms with Crippen molar-refractivity contribution < 1.29 is 9.59 Å². The van der Waals surface area contributed by atoms with Crippen molar-refractivity contribution in [2.75, 3.05) is 18.0 Å². The predicted octanol–water partition coefficient (Wildman–Crippen LogP) is -0.0993. The number of piperidine rings is 1. The Morgan fingerprint density at radius 1 is 1.12 bits per heavy atom. The number of aromatic nitrogens is 5. The molecule has 1 aliphatic heterocycles. The van der Waals surface area contributed by atoms with Crippen LogP contribution in [0.4, 0.5) is 5.82 Å². The Hall–Kier alpha value is -3.04. The molecule has 2 aromatic heterocycles. The topological polar surface area (TPSA) is 132 Å². The summed E-state index contributed by atoms with van der Waals surface area (Å²) in [5, 5.41) is 11.0. The molecule has 2 aliphatic rings. The quantitative estimate of drug-likeness (QED) is 0.764. The van der Waals surface area contributed by atoms with Gasteiger partial charge in [-0.1, -0.05) is 5.21 Å². The molecular formula is C16H20N8O2. The number of amides is 2. The molecule has 0 radical (unpaired) electrons. The molecule has 0 atom stereocenters. The first-order valence-electron chi connectivity index (χ1n) is 8.69. The Morgan fingerprint density at radius 3 is 2.58 bits per heavy atom. The third-order valence-electron chi connectivity index (χ3n) is 4.69. The molecule has 10 heteroatoms. The van der Waals surface area contributed by atoms with Gasteiger partial charge in [0.05, 0.1) is 24.6 Å². The van der Waals surface area contributed by atoms with E-state index in [1.165, 1.54) is 6.20 Å². The third kappa shape index (κ3) is 3.48. The number of anilines is 1. The molecule has 10 nitrogen and oxygen atoms in total. The van der Waals surface area contributed by atoms with Crippen molar-refractivity contribution in [1.82, 2.24) is 30.3 Å². The standard InChI is InChI=1S/C16H20N8O2/c17-15(25)12-7-18-8-14(20-12)23-5-3-11(4-6-23)24-9-13(21-22-24)16(26)19-10-1-2-10/h7-11H,1-6H2,(H2,17,25)(H,19,26). The predicted molar refractivity (Wildman–Crippen MR) is 91.5 cm³/mol. The Kier molecular flexibility index (Phi) is 4.23. The second-order valence-electron chi connectivity index (χ2n) is 6.68. The van der Waals surface area contributed by atoms with Crippen LogP contribution in [0.2, 0.25) is 0 Å². The molecule has 1 saturated carbocycles. The second kappa shape index (κ2) is 6.70. The number of primary amides is 1. The van der Waals surface area contributed by atoms with Gasteiger partial charge < -0.3 is 16.0 Å². The highest BCUT2D eigenvalue weighted by Gasteiger charge is 2.27. The van der Waals surface area contributed by atoms with Crippen LogP contribution in [0.1, 0.15) is 52.7 Å². The SMILES string of the molecule is NC(=O)c1cncc(N2CCC(n3cc(C(=O)NC4CC4)nn3)CC2)n1. The summed E-state index contributed by atoms with van der Waals surface area (Å²) in [7, 11) is 0. The van der Waals surface area contributed by atoms with Gasteiger partial charge in [0.25, 0.3) is 11.8 Å². The van der Waals surface area contributed by atoms with Crippen LogP contribution in [-0.2, 0) is 0 Å². The lowest BCUT2D eigenvalue weighted by molar-refractivity contribution is 0.0944. The number of nitrogens with zero attached hydrogens (tertiary/aromatic N) is 6. The van der Waals surface area contributed by atoms with Gasteiger partial charge in [-0.3, -0.25) is 14.6 Å². The zero-order chi connectivity index (χ0) is 18.1. The fraction of sp³-hybridized carbons (Fsp3) is 0.500. The fourth-order valence-electron chi connectivity index (χ4n) is 3.03. The molecule has 3 N–H and O–H groups in total. The molecular weight excluding hydrogens is 336 g/mol. The molecule has 3 heterocycles. The highest BCUT2D eigenvalue weighted by Crippen LogP contribution is 2.25. The van der Waals surface area contributed by atoms with Gasteiger partial charge >= 0.3 is 0 Å². The first-order chi connectivity index (χ1) is 12.6. The van der Waals surface area contributed by atoms with E-state index in [9.17, 15) is 9.59 Å². The van der Waals surface area contributed by atoms with Crippen molar-refractivity contribution in [3.63, 3.8) is 0 Å². The first kappa shape index (κ1) is 16.4. The van der Waals surface area contributed by atoms with E-state index < -0.39 is 5.91 Å². The number of hydrogen-bond acceptors (Lipinski definition) is 7. The number of nitrogens with one attached hydrogen (secondary N) is 1.